The fourth-order valence-corrected chi connectivity index (χ4v) is 5.02. The molecule has 1 aliphatic rings. The Hall–Kier alpha value is -4.25. The molecule has 0 saturated carbocycles. The van der Waals surface area contributed by atoms with Crippen LogP contribution in [0.25, 0.3) is 6.08 Å². The summed E-state index contributed by atoms with van der Waals surface area (Å²) in [4.78, 5) is 42.1. The van der Waals surface area contributed by atoms with E-state index < -0.39 is 16.9 Å². The van der Waals surface area contributed by atoms with E-state index in [1.807, 2.05) is 0 Å². The molecule has 0 radical (unpaired) electrons. The molecule has 1 aliphatic heterocycles. The molecule has 3 aromatic rings. The molecule has 10 nitrogen and oxygen atoms in total. The van der Waals surface area contributed by atoms with Gasteiger partial charge in [-0.1, -0.05) is 17.4 Å². The second-order valence-corrected chi connectivity index (χ2v) is 8.77. The number of allylic oxidation sites excluding steroid dienone is 1. The summed E-state index contributed by atoms with van der Waals surface area (Å²) >= 11 is 1.17. The predicted octanol–water partition coefficient (Wildman–Crippen LogP) is 2.72. The van der Waals surface area contributed by atoms with E-state index >= 15 is 0 Å². The van der Waals surface area contributed by atoms with Gasteiger partial charge >= 0.3 is 5.97 Å². The standard InChI is InChI=1S/C25H23N3O7S/c1-5-35-24(30)21-14(2)26-25-27(22(21)16-8-11-18(33-3)19(13-16)34-4)23(29)20(36-25)12-15-6-9-17(10-7-15)28(31)32/h6-13,22H,5H2,1-4H3/b20-12-/t22-/m0/s1. The summed E-state index contributed by atoms with van der Waals surface area (Å²) in [5.74, 6) is 0.384. The zero-order valence-electron chi connectivity index (χ0n) is 20.0. The van der Waals surface area contributed by atoms with E-state index in [4.69, 9.17) is 14.2 Å². The minimum absolute atomic E-state index is 0.0447. The fraction of sp³-hybridized carbons (Fsp3) is 0.240. The molecule has 2 heterocycles. The van der Waals surface area contributed by atoms with Gasteiger partial charge in [0.1, 0.15) is 0 Å². The van der Waals surface area contributed by atoms with Crippen LogP contribution in [0.15, 0.2) is 63.5 Å². The minimum atomic E-state index is -0.806. The summed E-state index contributed by atoms with van der Waals surface area (Å²) < 4.78 is 17.9. The predicted molar refractivity (Wildman–Crippen MR) is 133 cm³/mol. The van der Waals surface area contributed by atoms with Crippen LogP contribution in [-0.4, -0.2) is 36.3 Å². The van der Waals surface area contributed by atoms with Gasteiger partial charge < -0.3 is 14.2 Å². The molecule has 0 unspecified atom stereocenters. The second-order valence-electron chi connectivity index (χ2n) is 7.77. The summed E-state index contributed by atoms with van der Waals surface area (Å²) in [6.45, 7) is 3.57. The van der Waals surface area contributed by atoms with Crippen LogP contribution in [0.1, 0.15) is 31.0 Å². The number of nitro groups is 1. The number of carbonyl (C=O) groups excluding carboxylic acids is 1. The van der Waals surface area contributed by atoms with E-state index in [2.05, 4.69) is 4.99 Å². The number of benzene rings is 2. The average Bonchev–Trinajstić information content (AvgIpc) is 3.17. The summed E-state index contributed by atoms with van der Waals surface area (Å²) in [7, 11) is 3.03. The molecule has 186 valence electrons. The first-order valence-corrected chi connectivity index (χ1v) is 11.8. The lowest BCUT2D eigenvalue weighted by Crippen LogP contribution is -2.39. The van der Waals surface area contributed by atoms with E-state index in [1.165, 1.54) is 42.3 Å². The first kappa shape index (κ1) is 24.9. The van der Waals surface area contributed by atoms with Gasteiger partial charge in [0, 0.05) is 12.1 Å². The van der Waals surface area contributed by atoms with Gasteiger partial charge in [0.05, 0.1) is 47.6 Å². The van der Waals surface area contributed by atoms with Crippen LogP contribution in [0.3, 0.4) is 0 Å². The highest BCUT2D eigenvalue weighted by molar-refractivity contribution is 7.07. The lowest BCUT2D eigenvalue weighted by atomic mass is 9.95. The molecule has 36 heavy (non-hydrogen) atoms. The number of esters is 1. The quantitative estimate of drug-likeness (QED) is 0.273. The number of non-ortho nitro benzene ring substituents is 1. The van der Waals surface area contributed by atoms with Crippen molar-refractivity contribution in [2.75, 3.05) is 20.8 Å². The van der Waals surface area contributed by atoms with E-state index in [0.717, 1.165) is 0 Å². The van der Waals surface area contributed by atoms with Gasteiger partial charge in [-0.05, 0) is 55.3 Å². The Balaban J connectivity index is 1.93. The van der Waals surface area contributed by atoms with Crippen molar-refractivity contribution < 1.29 is 23.9 Å². The molecule has 1 aromatic heterocycles. The zero-order chi connectivity index (χ0) is 26.0. The van der Waals surface area contributed by atoms with Gasteiger partial charge in [0.2, 0.25) is 0 Å². The number of rotatable bonds is 7. The van der Waals surface area contributed by atoms with Crippen molar-refractivity contribution >= 4 is 29.1 Å². The highest BCUT2D eigenvalue weighted by Crippen LogP contribution is 2.36. The van der Waals surface area contributed by atoms with Crippen LogP contribution in [0, 0.1) is 10.1 Å². The summed E-state index contributed by atoms with van der Waals surface area (Å²) in [6.07, 6.45) is 1.64. The largest absolute Gasteiger partial charge is 0.493 e. The number of aromatic nitrogens is 1. The SMILES string of the molecule is CCOC(=O)C1=C(C)N=c2s/c(=C\c3ccc([N+](=O)[O-])cc3)c(=O)n2[C@H]1c1ccc(OC)c(OC)c1. The highest BCUT2D eigenvalue weighted by Gasteiger charge is 2.33. The number of nitrogens with zero attached hydrogens (tertiary/aromatic N) is 3. The number of nitro benzene ring substituents is 1. The Labute approximate surface area is 209 Å². The van der Waals surface area contributed by atoms with Crippen molar-refractivity contribution in [1.82, 2.24) is 4.57 Å². The van der Waals surface area contributed by atoms with Gasteiger partial charge in [-0.15, -0.1) is 0 Å². The number of ether oxygens (including phenoxy) is 3. The lowest BCUT2D eigenvalue weighted by molar-refractivity contribution is -0.384. The maximum absolute atomic E-state index is 13.6. The van der Waals surface area contributed by atoms with Gasteiger partial charge in [-0.25, -0.2) is 9.79 Å². The van der Waals surface area contributed by atoms with Crippen molar-refractivity contribution in [2.45, 2.75) is 19.9 Å². The maximum Gasteiger partial charge on any atom is 0.338 e. The lowest BCUT2D eigenvalue weighted by Gasteiger charge is -2.25. The van der Waals surface area contributed by atoms with Crippen molar-refractivity contribution in [3.05, 3.63) is 94.7 Å². The number of hydrogen-bond donors (Lipinski definition) is 0. The monoisotopic (exact) mass is 509 g/mol. The molecule has 0 aliphatic carbocycles. The molecule has 11 heteroatoms. The van der Waals surface area contributed by atoms with Crippen LogP contribution in [-0.2, 0) is 9.53 Å². The first-order valence-electron chi connectivity index (χ1n) is 10.9. The Kier molecular flexibility index (Phi) is 7.02. The van der Waals surface area contributed by atoms with E-state index in [-0.39, 0.29) is 23.4 Å². The summed E-state index contributed by atoms with van der Waals surface area (Å²) in [5, 5.41) is 10.9. The maximum atomic E-state index is 13.6. The number of methoxy groups -OCH3 is 2. The molecule has 0 amide bonds. The van der Waals surface area contributed by atoms with Crippen molar-refractivity contribution in [3.63, 3.8) is 0 Å². The highest BCUT2D eigenvalue weighted by atomic mass is 32.1. The fourth-order valence-electron chi connectivity index (χ4n) is 3.97. The molecule has 0 bridgehead atoms. The normalized spacial score (nSPS) is 15.2. The smallest absolute Gasteiger partial charge is 0.338 e. The average molecular weight is 510 g/mol. The van der Waals surface area contributed by atoms with Gasteiger partial charge in [0.15, 0.2) is 16.3 Å². The zero-order valence-corrected chi connectivity index (χ0v) is 20.8. The summed E-state index contributed by atoms with van der Waals surface area (Å²) in [5.41, 5.74) is 1.53. The van der Waals surface area contributed by atoms with Crippen molar-refractivity contribution in [2.24, 2.45) is 4.99 Å². The number of hydrogen-bond acceptors (Lipinski definition) is 9. The van der Waals surface area contributed by atoms with Gasteiger partial charge in [-0.2, -0.15) is 0 Å². The van der Waals surface area contributed by atoms with Crippen LogP contribution in [0.2, 0.25) is 0 Å². The van der Waals surface area contributed by atoms with E-state index in [0.29, 0.717) is 37.7 Å². The second kappa shape index (κ2) is 10.2. The van der Waals surface area contributed by atoms with Crippen LogP contribution < -0.4 is 24.4 Å². The molecule has 0 fully saturated rings. The Morgan fingerprint density at radius 1 is 1.17 bits per heavy atom. The van der Waals surface area contributed by atoms with Crippen molar-refractivity contribution in [1.29, 1.82) is 0 Å². The molecular weight excluding hydrogens is 486 g/mol. The van der Waals surface area contributed by atoms with Crippen LogP contribution in [0.4, 0.5) is 5.69 Å². The molecular formula is C25H23N3O7S. The number of carbonyl (C=O) groups is 1. The molecule has 0 N–H and O–H groups in total. The number of fused-ring (bicyclic) bond motifs is 1. The van der Waals surface area contributed by atoms with Crippen LogP contribution >= 0.6 is 11.3 Å². The molecule has 4 rings (SSSR count). The molecule has 0 saturated heterocycles. The van der Waals surface area contributed by atoms with Crippen molar-refractivity contribution in [3.8, 4) is 11.5 Å². The summed E-state index contributed by atoms with van der Waals surface area (Å²) in [6, 6.07) is 10.3. The topological polar surface area (TPSA) is 122 Å². The van der Waals surface area contributed by atoms with Gasteiger partial charge in [0.25, 0.3) is 11.2 Å². The molecule has 1 atom stereocenters. The van der Waals surface area contributed by atoms with E-state index in [1.54, 1.807) is 50.3 Å². The van der Waals surface area contributed by atoms with Gasteiger partial charge in [-0.3, -0.25) is 19.5 Å². The third kappa shape index (κ3) is 4.52. The Morgan fingerprint density at radius 3 is 2.47 bits per heavy atom. The minimum Gasteiger partial charge on any atom is -0.493 e. The third-order valence-corrected chi connectivity index (χ3v) is 6.62. The third-order valence-electron chi connectivity index (χ3n) is 5.64. The van der Waals surface area contributed by atoms with Crippen LogP contribution in [0.5, 0.6) is 11.5 Å². The molecule has 0 spiro atoms. The Morgan fingerprint density at radius 2 is 1.86 bits per heavy atom. The number of thiazole rings is 1. The van der Waals surface area contributed by atoms with E-state index in [9.17, 15) is 19.7 Å². The molecule has 2 aromatic carbocycles. The Bertz CT molecular complexity index is 1550. The first-order chi connectivity index (χ1) is 17.3.